The molecule has 0 saturated heterocycles. The number of rotatable bonds is 3. The van der Waals surface area contributed by atoms with E-state index in [0.717, 1.165) is 13.0 Å². The SMILES string of the molecule is CCCNC(=S)Nc1cnccn1. The summed E-state index contributed by atoms with van der Waals surface area (Å²) in [6.07, 6.45) is 5.90. The van der Waals surface area contributed by atoms with Crippen molar-refractivity contribution in [1.82, 2.24) is 15.3 Å². The standard InChI is InChI=1S/C8H12N4S/c1-2-3-11-8(13)12-7-6-9-4-5-10-7/h4-6H,2-3H2,1H3,(H2,10,11,12,13). The third kappa shape index (κ3) is 3.80. The normalized spacial score (nSPS) is 9.31. The molecule has 0 saturated carbocycles. The molecular weight excluding hydrogens is 184 g/mol. The molecule has 1 rings (SSSR count). The zero-order chi connectivity index (χ0) is 9.52. The number of nitrogens with one attached hydrogen (secondary N) is 2. The molecule has 0 radical (unpaired) electrons. The quantitative estimate of drug-likeness (QED) is 0.711. The fourth-order valence-corrected chi connectivity index (χ4v) is 0.969. The Morgan fingerprint density at radius 3 is 3.00 bits per heavy atom. The molecule has 1 heterocycles. The number of aromatic nitrogens is 2. The molecule has 0 atom stereocenters. The predicted octanol–water partition coefficient (Wildman–Crippen LogP) is 1.17. The zero-order valence-electron chi connectivity index (χ0n) is 7.45. The van der Waals surface area contributed by atoms with E-state index in [1.54, 1.807) is 18.6 Å². The van der Waals surface area contributed by atoms with Gasteiger partial charge in [-0.15, -0.1) is 0 Å². The number of hydrogen-bond acceptors (Lipinski definition) is 3. The van der Waals surface area contributed by atoms with Crippen LogP contribution in [0.5, 0.6) is 0 Å². The molecule has 0 aliphatic rings. The van der Waals surface area contributed by atoms with Crippen molar-refractivity contribution in [2.75, 3.05) is 11.9 Å². The largest absolute Gasteiger partial charge is 0.362 e. The fourth-order valence-electron chi connectivity index (χ4n) is 0.763. The Morgan fingerprint density at radius 2 is 2.38 bits per heavy atom. The maximum atomic E-state index is 5.01. The van der Waals surface area contributed by atoms with Gasteiger partial charge in [-0.1, -0.05) is 6.92 Å². The molecule has 4 nitrogen and oxygen atoms in total. The lowest BCUT2D eigenvalue weighted by Crippen LogP contribution is -2.29. The highest BCUT2D eigenvalue weighted by Crippen LogP contribution is 1.95. The van der Waals surface area contributed by atoms with Gasteiger partial charge in [-0.05, 0) is 18.6 Å². The third-order valence-corrected chi connectivity index (χ3v) is 1.59. The molecule has 0 unspecified atom stereocenters. The summed E-state index contributed by atoms with van der Waals surface area (Å²) >= 11 is 5.01. The smallest absolute Gasteiger partial charge is 0.171 e. The summed E-state index contributed by atoms with van der Waals surface area (Å²) in [4.78, 5) is 7.93. The lowest BCUT2D eigenvalue weighted by atomic mass is 10.5. The topological polar surface area (TPSA) is 49.8 Å². The average molecular weight is 196 g/mol. The van der Waals surface area contributed by atoms with Crippen LogP contribution in [0, 0.1) is 0 Å². The Hall–Kier alpha value is -1.23. The second-order valence-electron chi connectivity index (χ2n) is 2.47. The van der Waals surface area contributed by atoms with Crippen LogP contribution in [0.4, 0.5) is 5.82 Å². The highest BCUT2D eigenvalue weighted by atomic mass is 32.1. The summed E-state index contributed by atoms with van der Waals surface area (Å²) in [7, 11) is 0. The zero-order valence-corrected chi connectivity index (χ0v) is 8.27. The molecule has 0 fully saturated rings. The minimum Gasteiger partial charge on any atom is -0.362 e. The molecule has 1 aromatic heterocycles. The van der Waals surface area contributed by atoms with Gasteiger partial charge >= 0.3 is 0 Å². The van der Waals surface area contributed by atoms with Gasteiger partial charge in [0, 0.05) is 18.9 Å². The van der Waals surface area contributed by atoms with E-state index >= 15 is 0 Å². The maximum absolute atomic E-state index is 5.01. The third-order valence-electron chi connectivity index (χ3n) is 1.34. The molecular formula is C8H12N4S. The summed E-state index contributed by atoms with van der Waals surface area (Å²) in [5.41, 5.74) is 0. The summed E-state index contributed by atoms with van der Waals surface area (Å²) in [5, 5.41) is 6.54. The molecule has 0 amide bonds. The molecule has 0 aliphatic carbocycles. The first kappa shape index (κ1) is 9.85. The number of thiocarbonyl (C=S) groups is 1. The maximum Gasteiger partial charge on any atom is 0.171 e. The fraction of sp³-hybridized carbons (Fsp3) is 0.375. The molecule has 0 aromatic carbocycles. The van der Waals surface area contributed by atoms with Crippen molar-refractivity contribution in [3.8, 4) is 0 Å². The second kappa shape index (κ2) is 5.42. The summed E-state index contributed by atoms with van der Waals surface area (Å²) in [6, 6.07) is 0. The van der Waals surface area contributed by atoms with E-state index in [4.69, 9.17) is 12.2 Å². The van der Waals surface area contributed by atoms with Gasteiger partial charge in [0.2, 0.25) is 0 Å². The highest BCUT2D eigenvalue weighted by Gasteiger charge is 1.95. The highest BCUT2D eigenvalue weighted by molar-refractivity contribution is 7.80. The van der Waals surface area contributed by atoms with Crippen molar-refractivity contribution in [2.24, 2.45) is 0 Å². The van der Waals surface area contributed by atoms with Gasteiger partial charge in [0.05, 0.1) is 6.20 Å². The second-order valence-corrected chi connectivity index (χ2v) is 2.88. The van der Waals surface area contributed by atoms with Crippen LogP contribution in [0.3, 0.4) is 0 Å². The molecule has 0 bridgehead atoms. The van der Waals surface area contributed by atoms with E-state index in [-0.39, 0.29) is 0 Å². The molecule has 2 N–H and O–H groups in total. The van der Waals surface area contributed by atoms with E-state index in [1.807, 2.05) is 0 Å². The van der Waals surface area contributed by atoms with Crippen molar-refractivity contribution in [3.63, 3.8) is 0 Å². The predicted molar refractivity (Wildman–Crippen MR) is 56.5 cm³/mol. The first-order chi connectivity index (χ1) is 6.33. The molecule has 0 aliphatic heterocycles. The van der Waals surface area contributed by atoms with E-state index in [1.165, 1.54) is 0 Å². The Bertz CT molecular complexity index is 262. The molecule has 5 heteroatoms. The Kier molecular flexibility index (Phi) is 4.11. The molecule has 70 valence electrons. The lowest BCUT2D eigenvalue weighted by Gasteiger charge is -2.07. The molecule has 1 aromatic rings. The van der Waals surface area contributed by atoms with Crippen LogP contribution in [-0.4, -0.2) is 21.6 Å². The van der Waals surface area contributed by atoms with E-state index in [9.17, 15) is 0 Å². The van der Waals surface area contributed by atoms with Crippen LogP contribution in [0.1, 0.15) is 13.3 Å². The van der Waals surface area contributed by atoms with E-state index < -0.39 is 0 Å². The van der Waals surface area contributed by atoms with Crippen LogP contribution in [0.2, 0.25) is 0 Å². The summed E-state index contributed by atoms with van der Waals surface area (Å²) in [5.74, 6) is 0.663. The van der Waals surface area contributed by atoms with Crippen LogP contribution in [0.25, 0.3) is 0 Å². The van der Waals surface area contributed by atoms with Crippen LogP contribution >= 0.6 is 12.2 Å². The van der Waals surface area contributed by atoms with Gasteiger partial charge in [-0.3, -0.25) is 4.98 Å². The van der Waals surface area contributed by atoms with Gasteiger partial charge in [0.15, 0.2) is 10.9 Å². The monoisotopic (exact) mass is 196 g/mol. The Morgan fingerprint density at radius 1 is 1.54 bits per heavy atom. The first-order valence-corrected chi connectivity index (χ1v) is 4.54. The van der Waals surface area contributed by atoms with Crippen molar-refractivity contribution < 1.29 is 0 Å². The minimum atomic E-state index is 0.586. The minimum absolute atomic E-state index is 0.586. The average Bonchev–Trinajstić information content (AvgIpc) is 2.16. The van der Waals surface area contributed by atoms with Crippen molar-refractivity contribution in [2.45, 2.75) is 13.3 Å². The van der Waals surface area contributed by atoms with E-state index in [2.05, 4.69) is 27.5 Å². The lowest BCUT2D eigenvalue weighted by molar-refractivity contribution is 0.846. The van der Waals surface area contributed by atoms with Gasteiger partial charge in [-0.25, -0.2) is 4.98 Å². The van der Waals surface area contributed by atoms with Crippen LogP contribution in [0.15, 0.2) is 18.6 Å². The number of nitrogens with zero attached hydrogens (tertiary/aromatic N) is 2. The van der Waals surface area contributed by atoms with Crippen molar-refractivity contribution in [3.05, 3.63) is 18.6 Å². The number of anilines is 1. The van der Waals surface area contributed by atoms with Gasteiger partial charge < -0.3 is 10.6 Å². The number of hydrogen-bond donors (Lipinski definition) is 2. The molecule has 0 spiro atoms. The molecule has 13 heavy (non-hydrogen) atoms. The van der Waals surface area contributed by atoms with Gasteiger partial charge in [-0.2, -0.15) is 0 Å². The van der Waals surface area contributed by atoms with E-state index in [0.29, 0.717) is 10.9 Å². The summed E-state index contributed by atoms with van der Waals surface area (Å²) in [6.45, 7) is 2.95. The van der Waals surface area contributed by atoms with Gasteiger partial charge in [0.25, 0.3) is 0 Å². The Labute approximate surface area is 82.8 Å². The first-order valence-electron chi connectivity index (χ1n) is 4.13. The van der Waals surface area contributed by atoms with Crippen molar-refractivity contribution in [1.29, 1.82) is 0 Å². The summed E-state index contributed by atoms with van der Waals surface area (Å²) < 4.78 is 0. The van der Waals surface area contributed by atoms with Crippen molar-refractivity contribution >= 4 is 23.1 Å². The van der Waals surface area contributed by atoms with Gasteiger partial charge in [0.1, 0.15) is 0 Å². The van der Waals surface area contributed by atoms with Crippen LogP contribution in [-0.2, 0) is 0 Å². The van der Waals surface area contributed by atoms with Crippen LogP contribution < -0.4 is 10.6 Å². The Balaban J connectivity index is 2.37.